The number of nitrogens with one attached hydrogen (secondary N) is 1. The molecule has 1 N–H and O–H groups in total. The average molecular weight is 497 g/mol. The van der Waals surface area contributed by atoms with Crippen molar-refractivity contribution in [3.63, 3.8) is 0 Å². The molecule has 35 heavy (non-hydrogen) atoms. The number of amides is 1. The van der Waals surface area contributed by atoms with Gasteiger partial charge < -0.3 is 24.4 Å². The van der Waals surface area contributed by atoms with Gasteiger partial charge in [-0.1, -0.05) is 20.8 Å². The first-order chi connectivity index (χ1) is 16.5. The monoisotopic (exact) mass is 496 g/mol. The second-order valence-corrected chi connectivity index (χ2v) is 12.1. The number of piperazine rings is 3. The summed E-state index contributed by atoms with van der Waals surface area (Å²) in [5, 5.41) is 3.06. The van der Waals surface area contributed by atoms with Crippen molar-refractivity contribution in [1.82, 2.24) is 20.0 Å². The molecule has 4 aliphatic rings. The zero-order chi connectivity index (χ0) is 25.5. The van der Waals surface area contributed by atoms with Crippen LogP contribution in [0.1, 0.15) is 52.9 Å². The fourth-order valence-electron chi connectivity index (χ4n) is 6.22. The maximum atomic E-state index is 12.6. The molecule has 0 aromatic rings. The molecule has 9 nitrogen and oxygen atoms in total. The van der Waals surface area contributed by atoms with Gasteiger partial charge in [0.1, 0.15) is 13.2 Å². The lowest BCUT2D eigenvalue weighted by molar-refractivity contribution is -0.148. The number of likely N-dealkylation sites (N-methyl/N-ethyl adjacent to an activating group) is 1. The molecule has 4 fully saturated rings. The van der Waals surface area contributed by atoms with Crippen LogP contribution >= 0.6 is 0 Å². The molecular weight excluding hydrogens is 448 g/mol. The van der Waals surface area contributed by atoms with E-state index in [0.29, 0.717) is 32.3 Å². The van der Waals surface area contributed by atoms with Crippen molar-refractivity contribution in [2.45, 2.75) is 65.0 Å². The van der Waals surface area contributed by atoms with Gasteiger partial charge in [-0.05, 0) is 50.6 Å². The molecule has 2 bridgehead atoms. The van der Waals surface area contributed by atoms with Gasteiger partial charge in [0.2, 0.25) is 0 Å². The number of fused-ring (bicyclic) bond motifs is 3. The standard InChI is InChI=1S/C26H48N4O5/c1-25(2)16-21(27-24(32)34-15-14-33-13-12-28(4)5)17-26(3,20-25)7-6-23(31)35-19-22-18-29-8-10-30(22)11-9-29/h21-22H,6-20H2,1-5H3,(H,27,32). The molecule has 3 atom stereocenters. The highest BCUT2D eigenvalue weighted by atomic mass is 16.6. The minimum absolute atomic E-state index is 0.0292. The van der Waals surface area contributed by atoms with Crippen LogP contribution in [0, 0.1) is 10.8 Å². The number of rotatable bonds is 12. The number of hydrogen-bond acceptors (Lipinski definition) is 8. The Kier molecular flexibility index (Phi) is 10.2. The normalized spacial score (nSPS) is 31.8. The van der Waals surface area contributed by atoms with Crippen LogP contribution in [0.4, 0.5) is 4.79 Å². The number of alkyl carbamates (subject to hydrolysis) is 1. The van der Waals surface area contributed by atoms with Gasteiger partial charge in [0.15, 0.2) is 0 Å². The van der Waals surface area contributed by atoms with Crippen LogP contribution in [0.15, 0.2) is 0 Å². The average Bonchev–Trinajstić information content (AvgIpc) is 2.78. The quantitative estimate of drug-likeness (QED) is 0.325. The van der Waals surface area contributed by atoms with Crippen molar-refractivity contribution in [3.8, 4) is 0 Å². The van der Waals surface area contributed by atoms with Crippen LogP contribution in [-0.2, 0) is 19.0 Å². The van der Waals surface area contributed by atoms with E-state index in [1.807, 2.05) is 19.0 Å². The van der Waals surface area contributed by atoms with Crippen molar-refractivity contribution in [2.24, 2.45) is 10.8 Å². The first-order valence-corrected chi connectivity index (χ1v) is 13.3. The Morgan fingerprint density at radius 1 is 1.00 bits per heavy atom. The predicted octanol–water partition coefficient (Wildman–Crippen LogP) is 2.20. The lowest BCUT2D eigenvalue weighted by Crippen LogP contribution is -2.62. The fourth-order valence-corrected chi connectivity index (χ4v) is 6.22. The summed E-state index contributed by atoms with van der Waals surface area (Å²) in [6, 6.07) is 0.366. The van der Waals surface area contributed by atoms with Crippen molar-refractivity contribution < 1.29 is 23.8 Å². The topological polar surface area (TPSA) is 83.6 Å². The Hall–Kier alpha value is -1.42. The Balaban J connectivity index is 1.37. The van der Waals surface area contributed by atoms with Gasteiger partial charge in [-0.15, -0.1) is 0 Å². The van der Waals surface area contributed by atoms with Gasteiger partial charge >= 0.3 is 12.1 Å². The Morgan fingerprint density at radius 3 is 2.40 bits per heavy atom. The number of ether oxygens (including phenoxy) is 3. The van der Waals surface area contributed by atoms with Crippen molar-refractivity contribution in [2.75, 3.05) is 79.8 Å². The van der Waals surface area contributed by atoms with E-state index >= 15 is 0 Å². The summed E-state index contributed by atoms with van der Waals surface area (Å²) >= 11 is 0. The molecule has 1 saturated carbocycles. The Morgan fingerprint density at radius 2 is 1.74 bits per heavy atom. The summed E-state index contributed by atoms with van der Waals surface area (Å²) in [6.07, 6.45) is 3.55. The maximum absolute atomic E-state index is 12.6. The lowest BCUT2D eigenvalue weighted by Gasteiger charge is -2.47. The van der Waals surface area contributed by atoms with Crippen LogP contribution in [0.2, 0.25) is 0 Å². The smallest absolute Gasteiger partial charge is 0.407 e. The highest BCUT2D eigenvalue weighted by molar-refractivity contribution is 5.69. The van der Waals surface area contributed by atoms with Crippen LogP contribution < -0.4 is 5.32 Å². The van der Waals surface area contributed by atoms with Gasteiger partial charge in [-0.3, -0.25) is 14.6 Å². The number of carbonyl (C=O) groups is 2. The van der Waals surface area contributed by atoms with Crippen LogP contribution in [0.5, 0.6) is 0 Å². The minimum Gasteiger partial charge on any atom is -0.464 e. The third kappa shape index (κ3) is 9.52. The van der Waals surface area contributed by atoms with Crippen molar-refractivity contribution in [1.29, 1.82) is 0 Å². The van der Waals surface area contributed by atoms with Gasteiger partial charge in [-0.25, -0.2) is 4.79 Å². The van der Waals surface area contributed by atoms with E-state index < -0.39 is 6.09 Å². The van der Waals surface area contributed by atoms with Crippen molar-refractivity contribution in [3.05, 3.63) is 0 Å². The van der Waals surface area contributed by atoms with E-state index in [4.69, 9.17) is 14.2 Å². The first-order valence-electron chi connectivity index (χ1n) is 13.3. The van der Waals surface area contributed by atoms with E-state index in [1.54, 1.807) is 0 Å². The Labute approximate surface area is 211 Å². The first kappa shape index (κ1) is 28.2. The summed E-state index contributed by atoms with van der Waals surface area (Å²) in [5.41, 5.74) is 0.0420. The highest BCUT2D eigenvalue weighted by Gasteiger charge is 2.42. The molecule has 0 radical (unpaired) electrons. The molecule has 3 saturated heterocycles. The van der Waals surface area contributed by atoms with Gasteiger partial charge in [0, 0.05) is 51.7 Å². The van der Waals surface area contributed by atoms with Gasteiger partial charge in [-0.2, -0.15) is 0 Å². The molecule has 0 aromatic heterocycles. The molecule has 0 aromatic carbocycles. The zero-order valence-corrected chi connectivity index (χ0v) is 22.6. The summed E-state index contributed by atoms with van der Waals surface area (Å²) in [7, 11) is 3.99. The molecular formula is C26H48N4O5. The maximum Gasteiger partial charge on any atom is 0.407 e. The van der Waals surface area contributed by atoms with Crippen LogP contribution in [0.3, 0.4) is 0 Å². The summed E-state index contributed by atoms with van der Waals surface area (Å²) in [4.78, 5) is 31.9. The number of nitrogens with zero attached hydrogens (tertiary/aromatic N) is 3. The molecule has 3 aliphatic heterocycles. The Bertz CT molecular complexity index is 695. The molecule has 4 rings (SSSR count). The summed E-state index contributed by atoms with van der Waals surface area (Å²) < 4.78 is 16.5. The lowest BCUT2D eigenvalue weighted by atomic mass is 9.61. The SMILES string of the molecule is CN(C)CCOCCOC(=O)NC1CC(C)(C)CC(C)(CCC(=O)OCC2CN3CCN2CC3)C1. The van der Waals surface area contributed by atoms with Gasteiger partial charge in [0.25, 0.3) is 0 Å². The van der Waals surface area contributed by atoms with Crippen LogP contribution in [-0.4, -0.2) is 119 Å². The molecule has 202 valence electrons. The summed E-state index contributed by atoms with van der Waals surface area (Å²) in [6.45, 7) is 14.7. The van der Waals surface area contributed by atoms with E-state index in [9.17, 15) is 9.59 Å². The second kappa shape index (κ2) is 12.7. The van der Waals surface area contributed by atoms with Crippen LogP contribution in [0.25, 0.3) is 0 Å². The fraction of sp³-hybridized carbons (Fsp3) is 0.923. The number of esters is 1. The van der Waals surface area contributed by atoms with E-state index in [2.05, 4.69) is 35.9 Å². The van der Waals surface area contributed by atoms with Crippen molar-refractivity contribution >= 4 is 12.1 Å². The predicted molar refractivity (Wildman–Crippen MR) is 135 cm³/mol. The third-order valence-electron chi connectivity index (χ3n) is 7.67. The molecule has 0 spiro atoms. The molecule has 1 aliphatic carbocycles. The second-order valence-electron chi connectivity index (χ2n) is 12.1. The summed E-state index contributed by atoms with van der Waals surface area (Å²) in [5.74, 6) is -0.106. The van der Waals surface area contributed by atoms with Gasteiger partial charge in [0.05, 0.1) is 19.3 Å². The third-order valence-corrected chi connectivity index (χ3v) is 7.67. The van der Waals surface area contributed by atoms with E-state index in [-0.39, 0.29) is 29.4 Å². The molecule has 3 heterocycles. The highest BCUT2D eigenvalue weighted by Crippen LogP contribution is 2.48. The minimum atomic E-state index is -0.391. The largest absolute Gasteiger partial charge is 0.464 e. The van der Waals surface area contributed by atoms with E-state index in [0.717, 1.165) is 65.0 Å². The molecule has 1 amide bonds. The number of hydrogen-bond donors (Lipinski definition) is 1. The van der Waals surface area contributed by atoms with E-state index in [1.165, 1.54) is 0 Å². The number of carbonyl (C=O) groups excluding carboxylic acids is 2. The zero-order valence-electron chi connectivity index (χ0n) is 22.6. The molecule has 9 heteroatoms. The molecule has 3 unspecified atom stereocenters.